The van der Waals surface area contributed by atoms with Crippen molar-refractivity contribution >= 4 is 11.8 Å². The normalized spacial score (nSPS) is 25.7. The van der Waals surface area contributed by atoms with Gasteiger partial charge in [-0.25, -0.2) is 15.0 Å². The zero-order valence-corrected chi connectivity index (χ0v) is 13.7. The fraction of sp³-hybridized carbons (Fsp3) is 0.316. The van der Waals surface area contributed by atoms with E-state index in [1.165, 1.54) is 0 Å². The lowest BCUT2D eigenvalue weighted by Crippen LogP contribution is -2.12. The van der Waals surface area contributed by atoms with Gasteiger partial charge in [-0.1, -0.05) is 36.4 Å². The number of aliphatic imine (C=N–C) groups is 2. The van der Waals surface area contributed by atoms with Crippen LogP contribution in [0.1, 0.15) is 36.9 Å². The Labute approximate surface area is 141 Å². The van der Waals surface area contributed by atoms with Gasteiger partial charge in [0.2, 0.25) is 11.8 Å². The number of benzene rings is 1. The topological polar surface area (TPSA) is 56.1 Å². The summed E-state index contributed by atoms with van der Waals surface area (Å²) in [6, 6.07) is 16.1. The zero-order valence-electron chi connectivity index (χ0n) is 13.7. The summed E-state index contributed by atoms with van der Waals surface area (Å²) in [5.41, 5.74) is 2.56. The second kappa shape index (κ2) is 6.07. The van der Waals surface area contributed by atoms with Crippen LogP contribution < -0.4 is 0 Å². The van der Waals surface area contributed by atoms with E-state index in [-0.39, 0.29) is 18.2 Å². The van der Waals surface area contributed by atoms with Gasteiger partial charge in [-0.3, -0.25) is 0 Å². The number of rotatable bonds is 3. The molecule has 0 spiro atoms. The van der Waals surface area contributed by atoms with Gasteiger partial charge in [0.05, 0.1) is 12.1 Å². The van der Waals surface area contributed by atoms with Crippen molar-refractivity contribution in [2.75, 3.05) is 6.61 Å². The van der Waals surface area contributed by atoms with Gasteiger partial charge in [0, 0.05) is 0 Å². The second-order valence-electron chi connectivity index (χ2n) is 6.13. The van der Waals surface area contributed by atoms with Crippen LogP contribution in [0.3, 0.4) is 0 Å². The van der Waals surface area contributed by atoms with Crippen LogP contribution in [0, 0.1) is 0 Å². The first-order valence-electron chi connectivity index (χ1n) is 8.18. The number of ether oxygens (including phenoxy) is 2. The maximum Gasteiger partial charge on any atom is 0.236 e. The maximum absolute atomic E-state index is 6.09. The van der Waals surface area contributed by atoms with Crippen LogP contribution in [0.15, 0.2) is 58.5 Å². The number of hydrogen-bond donors (Lipinski definition) is 0. The summed E-state index contributed by atoms with van der Waals surface area (Å²) in [7, 11) is 0. The van der Waals surface area contributed by atoms with E-state index in [0.717, 1.165) is 11.3 Å². The molecular formula is C19H19N3O2. The first-order chi connectivity index (χ1) is 11.7. The summed E-state index contributed by atoms with van der Waals surface area (Å²) in [5, 5.41) is 0. The molecule has 0 fully saturated rings. The monoisotopic (exact) mass is 321 g/mol. The predicted octanol–water partition coefficient (Wildman–Crippen LogP) is 3.15. The molecule has 122 valence electrons. The highest BCUT2D eigenvalue weighted by Gasteiger charge is 2.30. The molecule has 2 aliphatic heterocycles. The molecule has 2 aromatic rings. The lowest BCUT2D eigenvalue weighted by molar-refractivity contribution is 0.202. The van der Waals surface area contributed by atoms with Gasteiger partial charge >= 0.3 is 0 Å². The van der Waals surface area contributed by atoms with E-state index in [1.54, 1.807) is 0 Å². The van der Waals surface area contributed by atoms with Gasteiger partial charge in [-0.05, 0) is 31.5 Å². The van der Waals surface area contributed by atoms with Crippen LogP contribution in [-0.2, 0) is 9.47 Å². The summed E-state index contributed by atoms with van der Waals surface area (Å²) >= 11 is 0. The molecule has 1 aromatic carbocycles. The van der Waals surface area contributed by atoms with Crippen molar-refractivity contribution in [1.82, 2.24) is 4.98 Å². The smallest absolute Gasteiger partial charge is 0.236 e. The third kappa shape index (κ3) is 2.77. The van der Waals surface area contributed by atoms with Gasteiger partial charge in [0.15, 0.2) is 0 Å². The van der Waals surface area contributed by atoms with Crippen LogP contribution >= 0.6 is 0 Å². The number of pyridine rings is 1. The van der Waals surface area contributed by atoms with E-state index >= 15 is 0 Å². The third-order valence-corrected chi connectivity index (χ3v) is 4.11. The van der Waals surface area contributed by atoms with Crippen molar-refractivity contribution in [2.45, 2.75) is 32.0 Å². The van der Waals surface area contributed by atoms with Crippen LogP contribution in [0.25, 0.3) is 0 Å². The zero-order chi connectivity index (χ0) is 16.5. The molecule has 4 rings (SSSR count). The number of aromatic nitrogens is 1. The molecular weight excluding hydrogens is 302 g/mol. The van der Waals surface area contributed by atoms with Crippen LogP contribution in [0.2, 0.25) is 0 Å². The molecule has 0 amide bonds. The first-order valence-corrected chi connectivity index (χ1v) is 8.18. The molecule has 0 N–H and O–H groups in total. The largest absolute Gasteiger partial charge is 0.474 e. The van der Waals surface area contributed by atoms with Crippen LogP contribution in [0.5, 0.6) is 0 Å². The predicted molar refractivity (Wildman–Crippen MR) is 92.5 cm³/mol. The van der Waals surface area contributed by atoms with Gasteiger partial charge in [0.25, 0.3) is 0 Å². The first kappa shape index (κ1) is 14.9. The number of nitrogens with zero attached hydrogens (tertiary/aromatic N) is 3. The Bertz CT molecular complexity index is 801. The molecule has 5 heteroatoms. The highest BCUT2D eigenvalue weighted by atomic mass is 16.5. The molecule has 5 nitrogen and oxygen atoms in total. The van der Waals surface area contributed by atoms with E-state index in [2.05, 4.69) is 34.0 Å². The summed E-state index contributed by atoms with van der Waals surface area (Å²) in [6.45, 7) is 4.68. The van der Waals surface area contributed by atoms with E-state index in [4.69, 9.17) is 9.47 Å². The molecule has 1 aromatic heterocycles. The van der Waals surface area contributed by atoms with Crippen molar-refractivity contribution in [3.63, 3.8) is 0 Å². The fourth-order valence-corrected chi connectivity index (χ4v) is 2.90. The molecule has 0 saturated heterocycles. The molecule has 0 bridgehead atoms. The molecule has 0 radical (unpaired) electrons. The van der Waals surface area contributed by atoms with E-state index in [1.807, 2.05) is 43.3 Å². The minimum atomic E-state index is -0.0771. The second-order valence-corrected chi connectivity index (χ2v) is 6.13. The minimum Gasteiger partial charge on any atom is -0.474 e. The van der Waals surface area contributed by atoms with Crippen LogP contribution in [0.4, 0.5) is 0 Å². The Balaban J connectivity index is 1.59. The Morgan fingerprint density at radius 3 is 2.33 bits per heavy atom. The van der Waals surface area contributed by atoms with Crippen molar-refractivity contribution in [2.24, 2.45) is 9.98 Å². The average molecular weight is 321 g/mol. The van der Waals surface area contributed by atoms with Crippen LogP contribution in [-0.4, -0.2) is 35.5 Å². The molecule has 24 heavy (non-hydrogen) atoms. The van der Waals surface area contributed by atoms with E-state index < -0.39 is 0 Å². The SMILES string of the molecule is C[C@@H]1N=C(c2cccc(C3=N[C@@H](C)CO3)n2)O[C@H]1c1ccccc1. The Morgan fingerprint density at radius 1 is 0.875 bits per heavy atom. The standard InChI is InChI=1S/C19H19N3O2/c1-12-11-23-18(20-12)15-9-6-10-16(22-15)19-21-13(2)17(24-19)14-7-4-3-5-8-14/h3-10,12-13,17H,11H2,1-2H3/t12-,13-,17+/m0/s1. The van der Waals surface area contributed by atoms with Gasteiger partial charge in [-0.2, -0.15) is 0 Å². The minimum absolute atomic E-state index is 0.0490. The molecule has 0 unspecified atom stereocenters. The molecule has 3 heterocycles. The summed E-state index contributed by atoms with van der Waals surface area (Å²) in [6.07, 6.45) is -0.0771. The van der Waals surface area contributed by atoms with Crippen molar-refractivity contribution < 1.29 is 9.47 Å². The molecule has 0 aliphatic carbocycles. The fourth-order valence-electron chi connectivity index (χ4n) is 2.90. The van der Waals surface area contributed by atoms with Crippen molar-refractivity contribution in [1.29, 1.82) is 0 Å². The average Bonchev–Trinajstić information content (AvgIpc) is 3.22. The Kier molecular flexibility index (Phi) is 3.76. The summed E-state index contributed by atoms with van der Waals surface area (Å²) < 4.78 is 11.7. The maximum atomic E-state index is 6.09. The Hall–Kier alpha value is -2.69. The van der Waals surface area contributed by atoms with E-state index in [0.29, 0.717) is 24.1 Å². The highest BCUT2D eigenvalue weighted by Crippen LogP contribution is 2.30. The van der Waals surface area contributed by atoms with Gasteiger partial charge < -0.3 is 9.47 Å². The molecule has 3 atom stereocenters. The molecule has 2 aliphatic rings. The summed E-state index contributed by atoms with van der Waals surface area (Å²) in [5.74, 6) is 1.17. The lowest BCUT2D eigenvalue weighted by Gasteiger charge is -2.14. The highest BCUT2D eigenvalue weighted by molar-refractivity contribution is 5.97. The summed E-state index contributed by atoms with van der Waals surface area (Å²) in [4.78, 5) is 13.7. The van der Waals surface area contributed by atoms with Crippen molar-refractivity contribution in [3.8, 4) is 0 Å². The lowest BCUT2D eigenvalue weighted by atomic mass is 10.0. The van der Waals surface area contributed by atoms with E-state index in [9.17, 15) is 0 Å². The molecule has 0 saturated carbocycles. The Morgan fingerprint density at radius 2 is 1.62 bits per heavy atom. The third-order valence-electron chi connectivity index (χ3n) is 4.11. The quantitative estimate of drug-likeness (QED) is 0.872. The van der Waals surface area contributed by atoms with Gasteiger partial charge in [0.1, 0.15) is 24.1 Å². The van der Waals surface area contributed by atoms with Gasteiger partial charge in [-0.15, -0.1) is 0 Å². The van der Waals surface area contributed by atoms with Crippen molar-refractivity contribution in [3.05, 3.63) is 65.5 Å². The number of hydrogen-bond acceptors (Lipinski definition) is 5.